The summed E-state index contributed by atoms with van der Waals surface area (Å²) < 4.78 is 8.87. The zero-order valence-electron chi connectivity index (χ0n) is 2.55. The van der Waals surface area contributed by atoms with Gasteiger partial charge >= 0.3 is 27.3 Å². The average Bonchev–Trinajstić information content (AvgIpc) is 0.722. The van der Waals surface area contributed by atoms with Gasteiger partial charge in [0.05, 0.1) is 0 Å². The van der Waals surface area contributed by atoms with Crippen molar-refractivity contribution in [1.29, 1.82) is 0 Å². The third-order valence-electron chi connectivity index (χ3n) is 0. The summed E-state index contributed by atoms with van der Waals surface area (Å²) in [5.74, 6) is 0. The molecule has 0 amide bonds. The van der Waals surface area contributed by atoms with E-state index < -0.39 is 6.95 Å². The fourth-order valence-corrected chi connectivity index (χ4v) is 0. The average molecular weight is 322 g/mol. The Balaban J connectivity index is 0. The van der Waals surface area contributed by atoms with Crippen LogP contribution in [0.4, 0.5) is 0 Å². The predicted octanol–water partition coefficient (Wildman–Crippen LogP) is -1.33. The number of hydrogen-bond donors (Lipinski definition) is 0. The van der Waals surface area contributed by atoms with Crippen molar-refractivity contribution in [2.45, 2.75) is 0 Å². The molecule has 0 bridgehead atoms. The van der Waals surface area contributed by atoms with Crippen molar-refractivity contribution in [3.8, 4) is 0 Å². The molecule has 0 aromatic heterocycles. The van der Waals surface area contributed by atoms with Crippen LogP contribution in [0.3, 0.4) is 0 Å². The molecule has 3 nitrogen and oxygen atoms in total. The molecule has 0 aliphatic carbocycles. The summed E-state index contributed by atoms with van der Waals surface area (Å²) in [6.07, 6.45) is 0. The van der Waals surface area contributed by atoms with Crippen molar-refractivity contribution in [3.63, 3.8) is 0 Å². The minimum Gasteiger partial charge on any atom is -0.799 e. The molecular formula is ClO3PPb. The molecule has 0 spiro atoms. The standard InChI is InChI=1S/ClH2O3P.Pb/c1-5(2,3)4;/h(H2,2,3,4);/q;+2/p-2. The van der Waals surface area contributed by atoms with Crippen molar-refractivity contribution in [1.82, 2.24) is 0 Å². The maximum Gasteiger partial charge on any atom is 2.00 e. The molecule has 6 heteroatoms. The van der Waals surface area contributed by atoms with Crippen LogP contribution in [0.25, 0.3) is 0 Å². The Morgan fingerprint density at radius 1 is 1.50 bits per heavy atom. The minimum atomic E-state index is -4.67. The van der Waals surface area contributed by atoms with Crippen LogP contribution < -0.4 is 9.79 Å². The third-order valence-corrected chi connectivity index (χ3v) is 0. The summed E-state index contributed by atoms with van der Waals surface area (Å²) in [6.45, 7) is -4.67. The van der Waals surface area contributed by atoms with E-state index in [2.05, 4.69) is 11.2 Å². The van der Waals surface area contributed by atoms with Gasteiger partial charge in [-0.2, -0.15) is 0 Å². The summed E-state index contributed by atoms with van der Waals surface area (Å²) >= 11 is 3.97. The Hall–Kier alpha value is 1.36. The fourth-order valence-electron chi connectivity index (χ4n) is 0. The molecule has 34 valence electrons. The quantitative estimate of drug-likeness (QED) is 0.410. The summed E-state index contributed by atoms with van der Waals surface area (Å²) in [5.41, 5.74) is 0. The van der Waals surface area contributed by atoms with E-state index in [4.69, 9.17) is 14.4 Å². The van der Waals surface area contributed by atoms with Gasteiger partial charge in [0.25, 0.3) is 0 Å². The molecule has 0 aliphatic rings. The Kier molecular flexibility index (Phi) is 5.83. The van der Waals surface area contributed by atoms with Crippen molar-refractivity contribution < 1.29 is 14.4 Å². The van der Waals surface area contributed by atoms with Crippen LogP contribution in [0.2, 0.25) is 0 Å². The molecule has 0 aliphatic heterocycles. The first-order valence-electron chi connectivity index (χ1n) is 0.717. The van der Waals surface area contributed by atoms with Gasteiger partial charge in [-0.15, -0.1) is 0 Å². The maximum absolute atomic E-state index is 8.87. The topological polar surface area (TPSA) is 63.2 Å². The van der Waals surface area contributed by atoms with Crippen molar-refractivity contribution >= 4 is 45.5 Å². The normalized spacial score (nSPS) is 9.83. The summed E-state index contributed by atoms with van der Waals surface area (Å²) in [6, 6.07) is 0. The van der Waals surface area contributed by atoms with Gasteiger partial charge in [-0.25, -0.2) is 0 Å². The summed E-state index contributed by atoms with van der Waals surface area (Å²) in [5, 5.41) is 0. The Morgan fingerprint density at radius 2 is 1.50 bits per heavy atom. The number of rotatable bonds is 0. The Morgan fingerprint density at radius 3 is 1.50 bits per heavy atom. The zero-order chi connectivity index (χ0) is 4.50. The van der Waals surface area contributed by atoms with E-state index in [-0.39, 0.29) is 27.3 Å². The van der Waals surface area contributed by atoms with Gasteiger partial charge in [0.1, 0.15) is 0 Å². The van der Waals surface area contributed by atoms with E-state index in [1.165, 1.54) is 0 Å². The third kappa shape index (κ3) is 55.0. The molecule has 6 heavy (non-hydrogen) atoms. The first-order chi connectivity index (χ1) is 2.00. The molecule has 2 radical (unpaired) electrons. The van der Waals surface area contributed by atoms with Gasteiger partial charge < -0.3 is 14.4 Å². The molecule has 0 unspecified atom stereocenters. The van der Waals surface area contributed by atoms with E-state index in [0.717, 1.165) is 0 Å². The van der Waals surface area contributed by atoms with Gasteiger partial charge in [-0.1, -0.05) is 11.2 Å². The van der Waals surface area contributed by atoms with Gasteiger partial charge in [0, 0.05) is 6.95 Å². The molecule has 0 aromatic rings. The van der Waals surface area contributed by atoms with E-state index in [1.807, 2.05) is 0 Å². The van der Waals surface area contributed by atoms with E-state index in [1.54, 1.807) is 0 Å². The van der Waals surface area contributed by atoms with Crippen molar-refractivity contribution in [2.75, 3.05) is 0 Å². The SMILES string of the molecule is O=P([O-])([O-])Cl.[Pb+2]. The first kappa shape index (κ1) is 10.4. The van der Waals surface area contributed by atoms with Crippen LogP contribution >= 0.6 is 18.2 Å². The van der Waals surface area contributed by atoms with Gasteiger partial charge in [-0.05, 0) is 0 Å². The molecule has 0 saturated carbocycles. The molecule has 0 fully saturated rings. The van der Waals surface area contributed by atoms with Crippen LogP contribution in [0.15, 0.2) is 0 Å². The van der Waals surface area contributed by atoms with E-state index >= 15 is 0 Å². The van der Waals surface area contributed by atoms with Crippen LogP contribution in [-0.4, -0.2) is 27.3 Å². The van der Waals surface area contributed by atoms with Crippen LogP contribution in [0, 0.1) is 0 Å². The van der Waals surface area contributed by atoms with Crippen molar-refractivity contribution in [2.24, 2.45) is 0 Å². The monoisotopic (exact) mass is 322 g/mol. The molecule has 0 heterocycles. The number of hydrogen-bond acceptors (Lipinski definition) is 3. The second-order valence-corrected chi connectivity index (χ2v) is 2.53. The van der Waals surface area contributed by atoms with Crippen molar-refractivity contribution in [3.05, 3.63) is 0 Å². The smallest absolute Gasteiger partial charge is 0.799 e. The van der Waals surface area contributed by atoms with E-state index in [9.17, 15) is 0 Å². The molecule has 0 aromatic carbocycles. The maximum atomic E-state index is 8.87. The largest absolute Gasteiger partial charge is 2.00 e. The molecule has 0 rings (SSSR count). The van der Waals surface area contributed by atoms with Crippen LogP contribution in [0.1, 0.15) is 0 Å². The van der Waals surface area contributed by atoms with Gasteiger partial charge in [0.2, 0.25) is 0 Å². The zero-order valence-corrected chi connectivity index (χ0v) is 8.09. The van der Waals surface area contributed by atoms with Gasteiger partial charge in [-0.3, -0.25) is 0 Å². The molecular weight excluding hydrogens is 322 g/mol. The summed E-state index contributed by atoms with van der Waals surface area (Å²) in [4.78, 5) is 17.7. The molecule has 0 saturated heterocycles. The first-order valence-corrected chi connectivity index (χ1v) is 3.16. The Bertz CT molecular complexity index is 56.9. The molecule has 0 atom stereocenters. The van der Waals surface area contributed by atoms with Gasteiger partial charge in [0.15, 0.2) is 0 Å². The Labute approximate surface area is 59.8 Å². The summed E-state index contributed by atoms with van der Waals surface area (Å²) in [7, 11) is 0. The predicted molar refractivity (Wildman–Crippen MR) is 19.2 cm³/mol. The van der Waals surface area contributed by atoms with E-state index in [0.29, 0.717) is 0 Å². The van der Waals surface area contributed by atoms with Crippen LogP contribution in [-0.2, 0) is 4.57 Å². The second kappa shape index (κ2) is 3.37. The van der Waals surface area contributed by atoms with Crippen LogP contribution in [0.5, 0.6) is 0 Å². The second-order valence-electron chi connectivity index (χ2n) is 0.431. The molecule has 0 N–H and O–H groups in total. The fraction of sp³-hybridized carbons (Fsp3) is 0. The number of halogens is 1. The minimum absolute atomic E-state index is 0.